The first-order valence-corrected chi connectivity index (χ1v) is 9.67. The number of carbonyl (C=O) groups excluding carboxylic acids is 1. The van der Waals surface area contributed by atoms with Crippen LogP contribution in [0.15, 0.2) is 48.5 Å². The number of halogens is 3. The number of nitrogens with one attached hydrogen (secondary N) is 2. The third kappa shape index (κ3) is 6.15. The second-order valence-corrected chi connectivity index (χ2v) is 7.00. The molecule has 2 aromatic rings. The lowest BCUT2D eigenvalue weighted by Crippen LogP contribution is -2.53. The molecule has 0 atom stereocenters. The van der Waals surface area contributed by atoms with Crippen LogP contribution in [0.25, 0.3) is 0 Å². The average Bonchev–Trinajstić information content (AvgIpc) is 2.76. The van der Waals surface area contributed by atoms with Gasteiger partial charge in [0.05, 0.1) is 10.5 Å². The quantitative estimate of drug-likeness (QED) is 0.393. The molecule has 1 fully saturated rings. The highest BCUT2D eigenvalue weighted by molar-refractivity contribution is 5.95. The lowest BCUT2D eigenvalue weighted by atomic mass is 10.1. The Morgan fingerprint density at radius 1 is 1.03 bits per heavy atom. The summed E-state index contributed by atoms with van der Waals surface area (Å²) >= 11 is 0. The molecule has 8 nitrogen and oxygen atoms in total. The van der Waals surface area contributed by atoms with E-state index in [0.717, 1.165) is 37.9 Å². The van der Waals surface area contributed by atoms with Crippen molar-refractivity contribution in [3.8, 4) is 0 Å². The third-order valence-electron chi connectivity index (χ3n) is 4.87. The Kier molecular flexibility index (Phi) is 7.08. The van der Waals surface area contributed by atoms with E-state index < -0.39 is 33.8 Å². The van der Waals surface area contributed by atoms with Crippen LogP contribution >= 0.6 is 0 Å². The number of nitro groups is 1. The number of non-ortho nitro benzene ring substituents is 1. The Morgan fingerprint density at radius 2 is 1.71 bits per heavy atom. The number of hydrogen-bond acceptors (Lipinski definition) is 6. The highest BCUT2D eigenvalue weighted by atomic mass is 19.4. The number of piperazine rings is 1. The van der Waals surface area contributed by atoms with Gasteiger partial charge in [-0.2, -0.15) is 13.2 Å². The van der Waals surface area contributed by atoms with Crippen molar-refractivity contribution in [2.24, 2.45) is 0 Å². The number of nitrogens with zero attached hydrogens (tertiary/aromatic N) is 3. The van der Waals surface area contributed by atoms with Gasteiger partial charge in [0.1, 0.15) is 0 Å². The zero-order chi connectivity index (χ0) is 22.4. The number of amides is 1. The van der Waals surface area contributed by atoms with Gasteiger partial charge in [-0.15, -0.1) is 0 Å². The van der Waals surface area contributed by atoms with Gasteiger partial charge in [-0.3, -0.25) is 20.3 Å². The zero-order valence-electron chi connectivity index (χ0n) is 16.6. The molecule has 0 radical (unpaired) electrons. The minimum atomic E-state index is -4.79. The fourth-order valence-electron chi connectivity index (χ4n) is 3.27. The molecule has 1 saturated heterocycles. The number of hydrazine groups is 1. The summed E-state index contributed by atoms with van der Waals surface area (Å²) in [6.45, 7) is 3.72. The fourth-order valence-corrected chi connectivity index (χ4v) is 3.27. The fraction of sp³-hybridized carbons (Fsp3) is 0.350. The molecule has 3 rings (SSSR count). The number of para-hydroxylation sites is 1. The first-order valence-electron chi connectivity index (χ1n) is 9.67. The van der Waals surface area contributed by atoms with E-state index in [1.807, 2.05) is 23.2 Å². The molecule has 0 bridgehead atoms. The summed E-state index contributed by atoms with van der Waals surface area (Å²) in [5.74, 6) is -0.801. The summed E-state index contributed by atoms with van der Waals surface area (Å²) in [5, 5.41) is 15.4. The van der Waals surface area contributed by atoms with Crippen LogP contribution < -0.4 is 15.6 Å². The average molecular weight is 437 g/mol. The number of benzene rings is 2. The molecule has 0 spiro atoms. The van der Waals surface area contributed by atoms with Gasteiger partial charge in [-0.05, 0) is 18.2 Å². The number of alkyl halides is 3. The van der Waals surface area contributed by atoms with Gasteiger partial charge in [0.2, 0.25) is 0 Å². The SMILES string of the molecule is O=C(NCCNN1CCN(c2ccccc2)CC1)c1cc([N+](=O)[O-])cc(C(F)(F)F)c1. The van der Waals surface area contributed by atoms with Crippen molar-refractivity contribution in [3.05, 3.63) is 69.8 Å². The van der Waals surface area contributed by atoms with Gasteiger partial charge in [0, 0.05) is 62.7 Å². The number of rotatable bonds is 7. The van der Waals surface area contributed by atoms with Gasteiger partial charge < -0.3 is 10.2 Å². The number of nitro benzene ring substituents is 1. The van der Waals surface area contributed by atoms with Crippen LogP contribution in [-0.4, -0.2) is 55.1 Å². The number of carbonyl (C=O) groups is 1. The van der Waals surface area contributed by atoms with Gasteiger partial charge in [-0.1, -0.05) is 18.2 Å². The van der Waals surface area contributed by atoms with Crippen molar-refractivity contribution in [1.82, 2.24) is 15.8 Å². The Labute approximate surface area is 176 Å². The largest absolute Gasteiger partial charge is 0.416 e. The molecule has 31 heavy (non-hydrogen) atoms. The van der Waals surface area contributed by atoms with Gasteiger partial charge in [0.25, 0.3) is 11.6 Å². The van der Waals surface area contributed by atoms with Gasteiger partial charge in [0.15, 0.2) is 0 Å². The maximum atomic E-state index is 12.9. The highest BCUT2D eigenvalue weighted by Crippen LogP contribution is 2.32. The molecule has 1 amide bonds. The molecule has 1 heterocycles. The van der Waals surface area contributed by atoms with E-state index in [2.05, 4.69) is 27.8 Å². The summed E-state index contributed by atoms with van der Waals surface area (Å²) in [5.41, 5.74) is 1.90. The van der Waals surface area contributed by atoms with Gasteiger partial charge >= 0.3 is 6.18 Å². The van der Waals surface area contributed by atoms with Crippen molar-refractivity contribution >= 4 is 17.3 Å². The van der Waals surface area contributed by atoms with Crippen LogP contribution in [0, 0.1) is 10.1 Å². The first-order chi connectivity index (χ1) is 14.7. The van der Waals surface area contributed by atoms with Crippen LogP contribution in [-0.2, 0) is 6.18 Å². The van der Waals surface area contributed by atoms with E-state index in [4.69, 9.17) is 0 Å². The Hall–Kier alpha value is -3.18. The molecule has 1 aliphatic rings. The predicted molar refractivity (Wildman–Crippen MR) is 109 cm³/mol. The van der Waals surface area contributed by atoms with Crippen molar-refractivity contribution in [3.63, 3.8) is 0 Å². The highest BCUT2D eigenvalue weighted by Gasteiger charge is 2.33. The van der Waals surface area contributed by atoms with E-state index in [0.29, 0.717) is 18.7 Å². The van der Waals surface area contributed by atoms with E-state index in [1.54, 1.807) is 0 Å². The molecule has 0 saturated carbocycles. The molecule has 2 aromatic carbocycles. The topological polar surface area (TPSA) is 90.8 Å². The van der Waals surface area contributed by atoms with Gasteiger partial charge in [-0.25, -0.2) is 5.01 Å². The minimum Gasteiger partial charge on any atom is -0.369 e. The van der Waals surface area contributed by atoms with E-state index >= 15 is 0 Å². The van der Waals surface area contributed by atoms with Crippen molar-refractivity contribution in [2.75, 3.05) is 44.2 Å². The lowest BCUT2D eigenvalue weighted by molar-refractivity contribution is -0.385. The maximum Gasteiger partial charge on any atom is 0.416 e. The monoisotopic (exact) mass is 437 g/mol. The Bertz CT molecular complexity index is 916. The normalized spacial score (nSPS) is 15.0. The molecular weight excluding hydrogens is 415 g/mol. The zero-order valence-corrected chi connectivity index (χ0v) is 16.6. The minimum absolute atomic E-state index is 0.155. The van der Waals surface area contributed by atoms with Crippen LogP contribution in [0.4, 0.5) is 24.5 Å². The Balaban J connectivity index is 1.46. The summed E-state index contributed by atoms with van der Waals surface area (Å²) in [6, 6.07) is 11.9. The van der Waals surface area contributed by atoms with Crippen LogP contribution in [0.3, 0.4) is 0 Å². The van der Waals surface area contributed by atoms with Crippen LogP contribution in [0.2, 0.25) is 0 Å². The van der Waals surface area contributed by atoms with Crippen LogP contribution in [0.1, 0.15) is 15.9 Å². The van der Waals surface area contributed by atoms with Crippen molar-refractivity contribution in [2.45, 2.75) is 6.18 Å². The third-order valence-corrected chi connectivity index (χ3v) is 4.87. The molecule has 166 valence electrons. The maximum absolute atomic E-state index is 12.9. The Morgan fingerprint density at radius 3 is 2.32 bits per heavy atom. The molecular formula is C20H22F3N5O3. The molecule has 11 heteroatoms. The number of anilines is 1. The molecule has 1 aliphatic heterocycles. The van der Waals surface area contributed by atoms with Crippen molar-refractivity contribution < 1.29 is 22.9 Å². The smallest absolute Gasteiger partial charge is 0.369 e. The van der Waals surface area contributed by atoms with E-state index in [-0.39, 0.29) is 6.54 Å². The molecule has 0 aromatic heterocycles. The van der Waals surface area contributed by atoms with Crippen molar-refractivity contribution in [1.29, 1.82) is 0 Å². The van der Waals surface area contributed by atoms with E-state index in [9.17, 15) is 28.1 Å². The predicted octanol–water partition coefficient (Wildman–Crippen LogP) is 2.67. The molecule has 2 N–H and O–H groups in total. The van der Waals surface area contributed by atoms with Crippen LogP contribution in [0.5, 0.6) is 0 Å². The lowest BCUT2D eigenvalue weighted by Gasteiger charge is -2.36. The number of hydrogen-bond donors (Lipinski definition) is 2. The molecule has 0 aliphatic carbocycles. The standard InChI is InChI=1S/C20H22F3N5O3/c21-20(22,23)16-12-15(13-18(14-16)28(30)31)19(29)24-6-7-25-27-10-8-26(9-11-27)17-4-2-1-3-5-17/h1-5,12-14,25H,6-11H2,(H,24,29). The second-order valence-electron chi connectivity index (χ2n) is 7.00. The summed E-state index contributed by atoms with van der Waals surface area (Å²) in [4.78, 5) is 24.4. The summed E-state index contributed by atoms with van der Waals surface area (Å²) in [7, 11) is 0. The molecule has 0 unspecified atom stereocenters. The summed E-state index contributed by atoms with van der Waals surface area (Å²) in [6.07, 6.45) is -4.79. The first kappa shape index (κ1) is 22.5. The summed E-state index contributed by atoms with van der Waals surface area (Å²) < 4.78 is 38.8. The van der Waals surface area contributed by atoms with E-state index in [1.165, 1.54) is 0 Å². The second kappa shape index (κ2) is 9.75.